The van der Waals surface area contributed by atoms with E-state index >= 15 is 0 Å². The number of nitrogens with one attached hydrogen (secondary N) is 2. The highest BCUT2D eigenvalue weighted by Crippen LogP contribution is 2.31. The zero-order valence-corrected chi connectivity index (χ0v) is 12.5. The lowest BCUT2D eigenvalue weighted by atomic mass is 10.0. The van der Waals surface area contributed by atoms with Gasteiger partial charge < -0.3 is 10.6 Å². The number of benzene rings is 1. The zero-order chi connectivity index (χ0) is 13.9. The first kappa shape index (κ1) is 13.2. The Kier molecular flexibility index (Phi) is 3.74. The van der Waals surface area contributed by atoms with Crippen LogP contribution in [0, 0.1) is 0 Å². The Morgan fingerprint density at radius 1 is 1.20 bits per heavy atom. The van der Waals surface area contributed by atoms with Gasteiger partial charge in [-0.15, -0.1) is 0 Å². The highest BCUT2D eigenvalue weighted by Gasteiger charge is 2.20. The van der Waals surface area contributed by atoms with Crippen molar-refractivity contribution >= 4 is 33.2 Å². The predicted molar refractivity (Wildman–Crippen MR) is 85.4 cm³/mol. The first-order valence-corrected chi connectivity index (χ1v) is 7.40. The minimum absolute atomic E-state index is 0.0426. The molecule has 0 saturated carbocycles. The third-order valence-electron chi connectivity index (χ3n) is 3.42. The van der Waals surface area contributed by atoms with Crippen molar-refractivity contribution in [1.82, 2.24) is 5.32 Å². The quantitative estimate of drug-likeness (QED) is 0.763. The monoisotopic (exact) mass is 330 g/mol. The second-order valence-corrected chi connectivity index (χ2v) is 5.74. The van der Waals surface area contributed by atoms with Gasteiger partial charge in [-0.3, -0.25) is 4.79 Å². The molecule has 4 heteroatoms. The van der Waals surface area contributed by atoms with E-state index in [1.165, 1.54) is 0 Å². The standard InChI is InChI=1S/C16H15BrN2O/c17-12-4-3-9-18-16-11(7-8-12)10-15(20)19-14-6-2-1-5-13(14)16/h1-6,8,18H,7,9-10H2,(H,19,20)/b4-3-,12-8+. The Hall–Kier alpha value is -1.81. The largest absolute Gasteiger partial charge is 0.381 e. The first-order chi connectivity index (χ1) is 9.74. The molecule has 1 amide bonds. The molecular weight excluding hydrogens is 316 g/mol. The molecule has 0 saturated heterocycles. The molecule has 0 fully saturated rings. The number of hydrogen-bond donors (Lipinski definition) is 2. The summed E-state index contributed by atoms with van der Waals surface area (Å²) in [6.07, 6.45) is 7.38. The van der Waals surface area contributed by atoms with Crippen molar-refractivity contribution in [2.45, 2.75) is 12.8 Å². The second kappa shape index (κ2) is 5.67. The van der Waals surface area contributed by atoms with Crippen LogP contribution in [0.15, 0.2) is 52.5 Å². The van der Waals surface area contributed by atoms with E-state index < -0.39 is 0 Å². The van der Waals surface area contributed by atoms with E-state index in [0.717, 1.165) is 40.0 Å². The molecule has 3 rings (SSSR count). The minimum atomic E-state index is 0.0426. The summed E-state index contributed by atoms with van der Waals surface area (Å²) in [6.45, 7) is 0.740. The van der Waals surface area contributed by atoms with Gasteiger partial charge in [0.25, 0.3) is 0 Å². The summed E-state index contributed by atoms with van der Waals surface area (Å²) in [5.41, 5.74) is 4.13. The van der Waals surface area contributed by atoms with Crippen molar-refractivity contribution in [3.8, 4) is 0 Å². The summed E-state index contributed by atoms with van der Waals surface area (Å²) in [7, 11) is 0. The number of hydrogen-bond acceptors (Lipinski definition) is 2. The molecule has 0 atom stereocenters. The molecule has 1 aromatic carbocycles. The van der Waals surface area contributed by atoms with Gasteiger partial charge in [0, 0.05) is 22.3 Å². The molecule has 2 aliphatic rings. The fraction of sp³-hybridized carbons (Fsp3) is 0.188. The van der Waals surface area contributed by atoms with Crippen molar-refractivity contribution in [3.63, 3.8) is 0 Å². The van der Waals surface area contributed by atoms with Gasteiger partial charge in [-0.1, -0.05) is 52.4 Å². The molecule has 0 aliphatic carbocycles. The second-order valence-electron chi connectivity index (χ2n) is 4.83. The average Bonchev–Trinajstić information content (AvgIpc) is 2.50. The van der Waals surface area contributed by atoms with Gasteiger partial charge in [0.15, 0.2) is 0 Å². The fourth-order valence-electron chi connectivity index (χ4n) is 2.49. The van der Waals surface area contributed by atoms with Crippen molar-refractivity contribution in [2.24, 2.45) is 0 Å². The van der Waals surface area contributed by atoms with Crippen LogP contribution in [-0.2, 0) is 4.79 Å². The molecule has 0 spiro atoms. The van der Waals surface area contributed by atoms with Crippen LogP contribution in [-0.4, -0.2) is 12.5 Å². The summed E-state index contributed by atoms with van der Waals surface area (Å²) in [5, 5.41) is 6.42. The van der Waals surface area contributed by atoms with Crippen molar-refractivity contribution in [2.75, 3.05) is 11.9 Å². The van der Waals surface area contributed by atoms with Gasteiger partial charge in [-0.25, -0.2) is 0 Å². The van der Waals surface area contributed by atoms with Gasteiger partial charge in [0.05, 0.1) is 12.1 Å². The molecule has 20 heavy (non-hydrogen) atoms. The Labute approximate surface area is 126 Å². The summed E-state index contributed by atoms with van der Waals surface area (Å²) in [4.78, 5) is 12.0. The fourth-order valence-corrected chi connectivity index (χ4v) is 2.84. The number of rotatable bonds is 0. The average molecular weight is 331 g/mol. The number of carbonyl (C=O) groups excluding carboxylic acids is 1. The van der Waals surface area contributed by atoms with Gasteiger partial charge in [-0.2, -0.15) is 0 Å². The molecule has 1 aromatic rings. The highest BCUT2D eigenvalue weighted by molar-refractivity contribution is 9.11. The molecule has 3 nitrogen and oxygen atoms in total. The molecule has 2 heterocycles. The van der Waals surface area contributed by atoms with Crippen LogP contribution in [0.3, 0.4) is 0 Å². The molecule has 2 N–H and O–H groups in total. The number of carbonyl (C=O) groups is 1. The van der Waals surface area contributed by atoms with Gasteiger partial charge in [0.2, 0.25) is 5.91 Å². The van der Waals surface area contributed by atoms with E-state index in [9.17, 15) is 4.79 Å². The Bertz CT molecular complexity index is 644. The first-order valence-electron chi connectivity index (χ1n) is 6.61. The van der Waals surface area contributed by atoms with E-state index in [1.807, 2.05) is 30.3 Å². The highest BCUT2D eigenvalue weighted by atomic mass is 79.9. The van der Waals surface area contributed by atoms with Crippen molar-refractivity contribution in [3.05, 3.63) is 58.1 Å². The van der Waals surface area contributed by atoms with Crippen LogP contribution in [0.5, 0.6) is 0 Å². The zero-order valence-electron chi connectivity index (χ0n) is 10.9. The summed E-state index contributed by atoms with van der Waals surface area (Å²) >= 11 is 3.51. The number of anilines is 1. The molecule has 0 aromatic heterocycles. The number of allylic oxidation sites excluding steroid dienone is 3. The number of para-hydroxylation sites is 1. The van der Waals surface area contributed by atoms with E-state index in [4.69, 9.17) is 0 Å². The lowest BCUT2D eigenvalue weighted by Crippen LogP contribution is -2.14. The molecule has 0 unspecified atom stereocenters. The van der Waals surface area contributed by atoms with Crippen LogP contribution in [0.1, 0.15) is 18.4 Å². The van der Waals surface area contributed by atoms with Crippen molar-refractivity contribution in [1.29, 1.82) is 0 Å². The summed E-state index contributed by atoms with van der Waals surface area (Å²) < 4.78 is 1.05. The maximum Gasteiger partial charge on any atom is 0.228 e. The summed E-state index contributed by atoms with van der Waals surface area (Å²) in [6, 6.07) is 7.93. The molecule has 102 valence electrons. The maximum absolute atomic E-state index is 12.0. The minimum Gasteiger partial charge on any atom is -0.381 e. The maximum atomic E-state index is 12.0. The smallest absolute Gasteiger partial charge is 0.228 e. The Morgan fingerprint density at radius 3 is 2.95 bits per heavy atom. The van der Waals surface area contributed by atoms with Gasteiger partial charge >= 0.3 is 0 Å². The number of halogens is 1. The van der Waals surface area contributed by atoms with Crippen LogP contribution in [0.2, 0.25) is 0 Å². The topological polar surface area (TPSA) is 41.1 Å². The number of amides is 1. The predicted octanol–water partition coefficient (Wildman–Crippen LogP) is 3.57. The third-order valence-corrected chi connectivity index (χ3v) is 4.00. The van der Waals surface area contributed by atoms with Crippen LogP contribution < -0.4 is 10.6 Å². The van der Waals surface area contributed by atoms with Crippen molar-refractivity contribution < 1.29 is 4.79 Å². The Balaban J connectivity index is 2.11. The molecule has 2 aliphatic heterocycles. The van der Waals surface area contributed by atoms with Gasteiger partial charge in [0.1, 0.15) is 0 Å². The SMILES string of the molecule is O=C1CC2=C(NC/C=C\C(Br)=C/C2)c2ccccc2N1. The van der Waals surface area contributed by atoms with E-state index in [0.29, 0.717) is 6.42 Å². The molecule has 0 radical (unpaired) electrons. The summed E-state index contributed by atoms with van der Waals surface area (Å²) in [5.74, 6) is 0.0426. The van der Waals surface area contributed by atoms with E-state index in [2.05, 4.69) is 38.7 Å². The number of fused-ring (bicyclic) bond motifs is 2. The van der Waals surface area contributed by atoms with Crippen LogP contribution in [0.25, 0.3) is 5.70 Å². The van der Waals surface area contributed by atoms with E-state index in [-0.39, 0.29) is 5.91 Å². The molecule has 0 bridgehead atoms. The lowest BCUT2D eigenvalue weighted by Gasteiger charge is -2.14. The lowest BCUT2D eigenvalue weighted by molar-refractivity contribution is -0.115. The third kappa shape index (κ3) is 2.70. The Morgan fingerprint density at radius 2 is 2.05 bits per heavy atom. The molecular formula is C16H15BrN2O. The van der Waals surface area contributed by atoms with Gasteiger partial charge in [-0.05, 0) is 18.1 Å². The van der Waals surface area contributed by atoms with Crippen LogP contribution >= 0.6 is 15.9 Å². The van der Waals surface area contributed by atoms with E-state index in [1.54, 1.807) is 0 Å². The van der Waals surface area contributed by atoms with Crippen LogP contribution in [0.4, 0.5) is 5.69 Å². The normalized spacial score (nSPS) is 22.6.